The lowest BCUT2D eigenvalue weighted by Gasteiger charge is -2.37. The number of nitrogens with zero attached hydrogens (tertiary/aromatic N) is 1. The number of amides is 1. The van der Waals surface area contributed by atoms with Gasteiger partial charge < -0.3 is 14.8 Å². The third-order valence-corrected chi connectivity index (χ3v) is 3.66. The van der Waals surface area contributed by atoms with E-state index in [0.717, 1.165) is 0 Å². The number of allylic oxidation sites excluding steroid dienone is 2. The number of nitrogens with one attached hydrogen (secondary N) is 1. The van der Waals surface area contributed by atoms with Gasteiger partial charge in [-0.2, -0.15) is 5.26 Å². The van der Waals surface area contributed by atoms with Gasteiger partial charge in [-0.15, -0.1) is 0 Å². The first-order valence-corrected chi connectivity index (χ1v) is 6.01. The molecule has 0 aromatic carbocycles. The molecule has 0 unspecified atom stereocenters. The molecule has 2 atom stereocenters. The van der Waals surface area contributed by atoms with Gasteiger partial charge in [0.15, 0.2) is 0 Å². The van der Waals surface area contributed by atoms with Crippen LogP contribution in [0.3, 0.4) is 0 Å². The molecular formula is C11H13BrN2O4. The molecule has 98 valence electrons. The average Bonchev–Trinajstić information content (AvgIpc) is 2.31. The Bertz CT molecular complexity index is 454. The molecule has 1 aliphatic rings. The van der Waals surface area contributed by atoms with Gasteiger partial charge in [0.25, 0.3) is 5.72 Å². The summed E-state index contributed by atoms with van der Waals surface area (Å²) in [6, 6.07) is 1.84. The summed E-state index contributed by atoms with van der Waals surface area (Å²) < 4.78 is 10.5. The molecule has 1 aliphatic heterocycles. The maximum absolute atomic E-state index is 11.8. The Balaban J connectivity index is 3.20. The maximum Gasteiger partial charge on any atom is 0.372 e. The van der Waals surface area contributed by atoms with Crippen molar-refractivity contribution in [3.05, 3.63) is 10.2 Å². The van der Waals surface area contributed by atoms with E-state index in [4.69, 9.17) is 10.00 Å². The number of hydrogen-bond donors (Lipinski definition) is 1. The molecule has 1 rings (SSSR count). The van der Waals surface area contributed by atoms with Crippen LogP contribution >= 0.6 is 15.9 Å². The molecule has 0 aromatic heterocycles. The van der Waals surface area contributed by atoms with E-state index in [2.05, 4.69) is 26.0 Å². The van der Waals surface area contributed by atoms with E-state index in [1.807, 2.05) is 13.0 Å². The van der Waals surface area contributed by atoms with Crippen molar-refractivity contribution in [1.82, 2.24) is 5.32 Å². The van der Waals surface area contributed by atoms with Crippen LogP contribution in [0.15, 0.2) is 10.2 Å². The van der Waals surface area contributed by atoms with Crippen molar-refractivity contribution in [1.29, 1.82) is 5.26 Å². The first-order chi connectivity index (χ1) is 8.36. The summed E-state index contributed by atoms with van der Waals surface area (Å²) in [5.74, 6) is -1.37. The molecule has 0 radical (unpaired) electrons. The quantitative estimate of drug-likeness (QED) is 0.773. The van der Waals surface area contributed by atoms with E-state index in [-0.39, 0.29) is 18.1 Å². The highest BCUT2D eigenvalue weighted by atomic mass is 79.9. The summed E-state index contributed by atoms with van der Waals surface area (Å²) in [5, 5.41) is 11.4. The Morgan fingerprint density at radius 1 is 1.67 bits per heavy atom. The summed E-state index contributed by atoms with van der Waals surface area (Å²) in [5.41, 5.74) is -1.64. The molecule has 0 saturated carbocycles. The van der Waals surface area contributed by atoms with Gasteiger partial charge in [-0.1, -0.05) is 22.9 Å². The van der Waals surface area contributed by atoms with Crippen molar-refractivity contribution in [2.24, 2.45) is 5.92 Å². The Labute approximate surface area is 113 Å². The number of halogens is 1. The van der Waals surface area contributed by atoms with Crippen molar-refractivity contribution in [2.45, 2.75) is 26.0 Å². The summed E-state index contributed by atoms with van der Waals surface area (Å²) >= 11 is 3.24. The smallest absolute Gasteiger partial charge is 0.372 e. The van der Waals surface area contributed by atoms with Gasteiger partial charge in [-0.05, 0) is 5.92 Å². The minimum Gasteiger partial charge on any atom is -0.465 e. The molecule has 0 saturated heterocycles. The highest BCUT2D eigenvalue weighted by Crippen LogP contribution is 2.37. The first kappa shape index (κ1) is 14.5. The van der Waals surface area contributed by atoms with E-state index in [9.17, 15) is 9.59 Å². The van der Waals surface area contributed by atoms with Gasteiger partial charge in [-0.3, -0.25) is 4.79 Å². The molecule has 1 amide bonds. The van der Waals surface area contributed by atoms with Crippen molar-refractivity contribution >= 4 is 27.8 Å². The molecule has 0 aliphatic carbocycles. The second-order valence-electron chi connectivity index (χ2n) is 4.00. The molecule has 7 heteroatoms. The fraction of sp³-hybridized carbons (Fsp3) is 0.545. The molecule has 0 bridgehead atoms. The second kappa shape index (κ2) is 5.40. The monoisotopic (exact) mass is 316 g/mol. The zero-order chi connectivity index (χ0) is 13.9. The first-order valence-electron chi connectivity index (χ1n) is 5.22. The topological polar surface area (TPSA) is 88.4 Å². The molecule has 1 N–H and O–H groups in total. The van der Waals surface area contributed by atoms with Crippen LogP contribution in [0, 0.1) is 17.2 Å². The Hall–Kier alpha value is -1.55. The number of rotatable bonds is 2. The van der Waals surface area contributed by atoms with Gasteiger partial charge in [-0.25, -0.2) is 4.79 Å². The van der Waals surface area contributed by atoms with Gasteiger partial charge in [0, 0.05) is 13.3 Å². The van der Waals surface area contributed by atoms with Crippen LogP contribution in [-0.2, 0) is 19.1 Å². The molecule has 6 nitrogen and oxygen atoms in total. The lowest BCUT2D eigenvalue weighted by atomic mass is 9.94. The number of nitriles is 1. The molecule has 1 heterocycles. The highest BCUT2D eigenvalue weighted by molar-refractivity contribution is 9.11. The third-order valence-electron chi connectivity index (χ3n) is 2.51. The van der Waals surface area contributed by atoms with Crippen LogP contribution in [0.5, 0.6) is 0 Å². The molecule has 18 heavy (non-hydrogen) atoms. The number of hydrogen-bond acceptors (Lipinski definition) is 5. The molecule has 0 aromatic rings. The van der Waals surface area contributed by atoms with Crippen LogP contribution in [0.4, 0.5) is 0 Å². The van der Waals surface area contributed by atoms with Crippen LogP contribution in [0.25, 0.3) is 0 Å². The zero-order valence-electron chi connectivity index (χ0n) is 10.2. The minimum absolute atomic E-state index is 0.0344. The van der Waals surface area contributed by atoms with Crippen molar-refractivity contribution in [3.8, 4) is 6.07 Å². The van der Waals surface area contributed by atoms with Crippen LogP contribution < -0.4 is 5.32 Å². The number of carbonyl (C=O) groups is 2. The standard InChI is InChI=1S/C11H13BrN2O4/c1-6-4-11(10(16)17-3,14-7(2)15)18-8(5-13)9(6)12/h6H,4H2,1-3H3,(H,14,15)/t6-,11+/m1/s1. The summed E-state index contributed by atoms with van der Waals surface area (Å²) in [6.45, 7) is 3.07. The van der Waals surface area contributed by atoms with Gasteiger partial charge >= 0.3 is 5.97 Å². The average molecular weight is 317 g/mol. The normalized spacial score (nSPS) is 26.9. The Morgan fingerprint density at radius 2 is 2.28 bits per heavy atom. The SMILES string of the molecule is COC(=O)[C@]1(NC(C)=O)C[C@@H](C)C(Br)=C(C#N)O1. The van der Waals surface area contributed by atoms with Gasteiger partial charge in [0.2, 0.25) is 11.7 Å². The zero-order valence-corrected chi connectivity index (χ0v) is 11.8. The second-order valence-corrected chi connectivity index (χ2v) is 4.85. The molecule has 0 fully saturated rings. The number of esters is 1. The van der Waals surface area contributed by atoms with E-state index in [0.29, 0.717) is 4.48 Å². The highest BCUT2D eigenvalue weighted by Gasteiger charge is 2.48. The molecular weight excluding hydrogens is 304 g/mol. The van der Waals surface area contributed by atoms with Crippen molar-refractivity contribution in [2.75, 3.05) is 7.11 Å². The fourth-order valence-corrected chi connectivity index (χ4v) is 2.12. The largest absolute Gasteiger partial charge is 0.465 e. The predicted molar refractivity (Wildman–Crippen MR) is 65.0 cm³/mol. The summed E-state index contributed by atoms with van der Waals surface area (Å²) in [4.78, 5) is 23.0. The molecule has 0 spiro atoms. The number of methoxy groups -OCH3 is 1. The lowest BCUT2D eigenvalue weighted by molar-refractivity contribution is -0.174. The van der Waals surface area contributed by atoms with E-state index in [1.54, 1.807) is 0 Å². The van der Waals surface area contributed by atoms with E-state index in [1.165, 1.54) is 14.0 Å². The van der Waals surface area contributed by atoms with Crippen LogP contribution in [0.1, 0.15) is 20.3 Å². The van der Waals surface area contributed by atoms with Crippen molar-refractivity contribution in [3.63, 3.8) is 0 Å². The van der Waals surface area contributed by atoms with E-state index < -0.39 is 17.6 Å². The summed E-state index contributed by atoms with van der Waals surface area (Å²) in [7, 11) is 1.19. The Kier molecular flexibility index (Phi) is 4.35. The Morgan fingerprint density at radius 3 is 2.72 bits per heavy atom. The summed E-state index contributed by atoms with van der Waals surface area (Å²) in [6.07, 6.45) is 0.186. The minimum atomic E-state index is -1.64. The van der Waals surface area contributed by atoms with E-state index >= 15 is 0 Å². The number of ether oxygens (including phenoxy) is 2. The van der Waals surface area contributed by atoms with Crippen molar-refractivity contribution < 1.29 is 19.1 Å². The lowest BCUT2D eigenvalue weighted by Crippen LogP contribution is -2.58. The predicted octanol–water partition coefficient (Wildman–Crippen LogP) is 1.18. The third kappa shape index (κ3) is 2.64. The van der Waals surface area contributed by atoms with Gasteiger partial charge in [0.1, 0.15) is 6.07 Å². The maximum atomic E-state index is 11.8. The van der Waals surface area contributed by atoms with Crippen LogP contribution in [0.2, 0.25) is 0 Å². The fourth-order valence-electron chi connectivity index (χ4n) is 1.79. The number of carbonyl (C=O) groups excluding carboxylic acids is 2. The van der Waals surface area contributed by atoms with Gasteiger partial charge in [0.05, 0.1) is 11.6 Å². The van der Waals surface area contributed by atoms with Crippen LogP contribution in [-0.4, -0.2) is 24.7 Å².